The first-order valence-corrected chi connectivity index (χ1v) is 7.01. The molecule has 1 rings (SSSR count). The van der Waals surface area contributed by atoms with Gasteiger partial charge in [0.2, 0.25) is 0 Å². The Balaban J connectivity index is 2.35. The lowest BCUT2D eigenvalue weighted by molar-refractivity contribution is 0.107. The van der Waals surface area contributed by atoms with Crippen LogP contribution in [-0.4, -0.2) is 5.24 Å². The maximum Gasteiger partial charge on any atom is 0.255 e. The van der Waals surface area contributed by atoms with Crippen LogP contribution >= 0.6 is 11.6 Å². The Kier molecular flexibility index (Phi) is 6.96. The molecular weight excluding hydrogens is 251 g/mol. The number of hydrogen-bond donors (Lipinski definition) is 0. The largest absolute Gasteiger partial charge is 0.275 e. The van der Waals surface area contributed by atoms with Gasteiger partial charge < -0.3 is 0 Å². The van der Waals surface area contributed by atoms with E-state index in [-0.39, 0.29) is 5.56 Å². The first-order chi connectivity index (χ1) is 8.65. The average molecular weight is 271 g/mol. The van der Waals surface area contributed by atoms with Crippen molar-refractivity contribution in [2.75, 3.05) is 0 Å². The lowest BCUT2D eigenvalue weighted by atomic mass is 10.0. The maximum absolute atomic E-state index is 13.5. The van der Waals surface area contributed by atoms with Gasteiger partial charge in [0.1, 0.15) is 5.82 Å². The van der Waals surface area contributed by atoms with Gasteiger partial charge >= 0.3 is 0 Å². The van der Waals surface area contributed by atoms with Crippen LogP contribution in [0.25, 0.3) is 0 Å². The highest BCUT2D eigenvalue weighted by atomic mass is 35.5. The number of benzene rings is 1. The highest BCUT2D eigenvalue weighted by Gasteiger charge is 2.09. The van der Waals surface area contributed by atoms with Crippen molar-refractivity contribution < 1.29 is 9.18 Å². The number of rotatable bonds is 8. The molecule has 100 valence electrons. The van der Waals surface area contributed by atoms with E-state index in [0.717, 1.165) is 18.4 Å². The van der Waals surface area contributed by atoms with E-state index in [1.807, 2.05) is 0 Å². The molecule has 0 aromatic heterocycles. The highest BCUT2D eigenvalue weighted by molar-refractivity contribution is 6.67. The first kappa shape index (κ1) is 15.2. The van der Waals surface area contributed by atoms with Crippen LogP contribution in [0.1, 0.15) is 61.4 Å². The molecule has 0 amide bonds. The van der Waals surface area contributed by atoms with Crippen molar-refractivity contribution in [2.24, 2.45) is 0 Å². The summed E-state index contributed by atoms with van der Waals surface area (Å²) in [6, 6.07) is 4.67. The smallest absolute Gasteiger partial charge is 0.255 e. The van der Waals surface area contributed by atoms with Gasteiger partial charge in [0.05, 0.1) is 5.56 Å². The molecule has 0 atom stereocenters. The molecule has 0 aliphatic heterocycles. The van der Waals surface area contributed by atoms with Crippen LogP contribution in [0.3, 0.4) is 0 Å². The summed E-state index contributed by atoms with van der Waals surface area (Å²) in [6.45, 7) is 2.20. The summed E-state index contributed by atoms with van der Waals surface area (Å²) >= 11 is 5.26. The molecule has 18 heavy (non-hydrogen) atoms. The third kappa shape index (κ3) is 5.18. The minimum Gasteiger partial charge on any atom is -0.275 e. The van der Waals surface area contributed by atoms with Gasteiger partial charge in [-0.05, 0) is 42.1 Å². The van der Waals surface area contributed by atoms with Crippen LogP contribution in [0.4, 0.5) is 4.39 Å². The van der Waals surface area contributed by atoms with E-state index < -0.39 is 11.1 Å². The van der Waals surface area contributed by atoms with E-state index in [4.69, 9.17) is 11.6 Å². The predicted molar refractivity (Wildman–Crippen MR) is 73.7 cm³/mol. The zero-order chi connectivity index (χ0) is 13.4. The summed E-state index contributed by atoms with van der Waals surface area (Å²) in [4.78, 5) is 10.9. The average Bonchev–Trinajstić information content (AvgIpc) is 2.33. The SMILES string of the molecule is CCCCCCCCc1ccc(C(=O)Cl)c(F)c1. The van der Waals surface area contributed by atoms with Crippen molar-refractivity contribution in [3.05, 3.63) is 35.1 Å². The molecule has 0 N–H and O–H groups in total. The van der Waals surface area contributed by atoms with Crippen LogP contribution in [0.5, 0.6) is 0 Å². The maximum atomic E-state index is 13.5. The number of carbonyl (C=O) groups is 1. The summed E-state index contributed by atoms with van der Waals surface area (Å²) in [7, 11) is 0. The number of hydrogen-bond acceptors (Lipinski definition) is 1. The lowest BCUT2D eigenvalue weighted by Crippen LogP contribution is -1.96. The number of unbranched alkanes of at least 4 members (excludes halogenated alkanes) is 5. The van der Waals surface area contributed by atoms with E-state index in [9.17, 15) is 9.18 Å². The standard InChI is InChI=1S/C15H20ClFO/c1-2-3-4-5-6-7-8-12-9-10-13(15(16)18)14(17)11-12/h9-11H,2-8H2,1H3. The Hall–Kier alpha value is -0.890. The second-order valence-electron chi connectivity index (χ2n) is 4.61. The number of carbonyl (C=O) groups excluding carboxylic acids is 1. The molecule has 0 aliphatic rings. The van der Waals surface area contributed by atoms with Gasteiger partial charge in [-0.25, -0.2) is 4.39 Å². The quantitative estimate of drug-likeness (QED) is 0.474. The highest BCUT2D eigenvalue weighted by Crippen LogP contribution is 2.15. The van der Waals surface area contributed by atoms with Gasteiger partial charge in [-0.15, -0.1) is 0 Å². The number of aryl methyl sites for hydroxylation is 1. The predicted octanol–water partition coefficient (Wildman–Crippen LogP) is 5.11. The second-order valence-corrected chi connectivity index (χ2v) is 4.95. The molecule has 0 aliphatic carbocycles. The summed E-state index contributed by atoms with van der Waals surface area (Å²) in [5, 5.41) is -0.737. The molecule has 0 spiro atoms. The van der Waals surface area contributed by atoms with Crippen molar-refractivity contribution >= 4 is 16.8 Å². The van der Waals surface area contributed by atoms with Gasteiger partial charge in [0.25, 0.3) is 5.24 Å². The molecule has 0 heterocycles. The van der Waals surface area contributed by atoms with E-state index in [1.165, 1.54) is 44.2 Å². The van der Waals surface area contributed by atoms with Crippen molar-refractivity contribution in [2.45, 2.75) is 51.9 Å². The van der Waals surface area contributed by atoms with Gasteiger partial charge in [-0.1, -0.05) is 45.1 Å². The zero-order valence-corrected chi connectivity index (χ0v) is 11.6. The Morgan fingerprint density at radius 2 is 1.83 bits per heavy atom. The second kappa shape index (κ2) is 8.25. The van der Waals surface area contributed by atoms with E-state index in [2.05, 4.69) is 6.92 Å². The van der Waals surface area contributed by atoms with Gasteiger partial charge in [-0.2, -0.15) is 0 Å². The normalized spacial score (nSPS) is 10.6. The topological polar surface area (TPSA) is 17.1 Å². The van der Waals surface area contributed by atoms with Crippen molar-refractivity contribution in [1.29, 1.82) is 0 Å². The molecule has 1 nitrogen and oxygen atoms in total. The van der Waals surface area contributed by atoms with Crippen molar-refractivity contribution in [3.8, 4) is 0 Å². The molecule has 1 aromatic carbocycles. The van der Waals surface area contributed by atoms with Gasteiger partial charge in [-0.3, -0.25) is 4.79 Å². The summed E-state index contributed by atoms with van der Waals surface area (Å²) < 4.78 is 13.5. The minimum atomic E-state index is -0.737. The molecule has 0 unspecified atom stereocenters. The van der Waals surface area contributed by atoms with Crippen LogP contribution < -0.4 is 0 Å². The Labute approximate surface area is 113 Å². The van der Waals surface area contributed by atoms with Crippen LogP contribution in [0.15, 0.2) is 18.2 Å². The molecule has 0 saturated heterocycles. The third-order valence-corrected chi connectivity index (χ3v) is 3.27. The summed E-state index contributed by atoms with van der Waals surface area (Å²) in [5.41, 5.74) is 0.896. The molecule has 0 bridgehead atoms. The lowest BCUT2D eigenvalue weighted by Gasteiger charge is -2.04. The Bertz CT molecular complexity index is 390. The molecule has 3 heteroatoms. The van der Waals surface area contributed by atoms with Crippen LogP contribution in [0, 0.1) is 5.82 Å². The van der Waals surface area contributed by atoms with E-state index >= 15 is 0 Å². The fourth-order valence-corrected chi connectivity index (χ4v) is 2.14. The molecular formula is C15H20ClFO. The summed E-state index contributed by atoms with van der Waals surface area (Å²) in [6.07, 6.45) is 8.17. The number of halogens is 2. The van der Waals surface area contributed by atoms with Crippen molar-refractivity contribution in [1.82, 2.24) is 0 Å². The van der Waals surface area contributed by atoms with Gasteiger partial charge in [0, 0.05) is 0 Å². The monoisotopic (exact) mass is 270 g/mol. The van der Waals surface area contributed by atoms with Gasteiger partial charge in [0.15, 0.2) is 0 Å². The molecule has 0 saturated carbocycles. The van der Waals surface area contributed by atoms with Crippen LogP contribution in [-0.2, 0) is 6.42 Å². The fourth-order valence-electron chi connectivity index (χ4n) is 1.98. The fraction of sp³-hybridized carbons (Fsp3) is 0.533. The van der Waals surface area contributed by atoms with Crippen molar-refractivity contribution in [3.63, 3.8) is 0 Å². The third-order valence-electron chi connectivity index (χ3n) is 3.06. The molecule has 0 radical (unpaired) electrons. The molecule has 1 aromatic rings. The Morgan fingerprint density at radius 1 is 1.17 bits per heavy atom. The zero-order valence-electron chi connectivity index (χ0n) is 10.8. The van der Waals surface area contributed by atoms with E-state index in [0.29, 0.717) is 0 Å². The van der Waals surface area contributed by atoms with Crippen LogP contribution in [0.2, 0.25) is 0 Å². The molecule has 0 fully saturated rings. The summed E-state index contributed by atoms with van der Waals surface area (Å²) in [5.74, 6) is -0.515. The Morgan fingerprint density at radius 3 is 2.44 bits per heavy atom. The minimum absolute atomic E-state index is 0.0386. The van der Waals surface area contributed by atoms with E-state index in [1.54, 1.807) is 6.07 Å². The first-order valence-electron chi connectivity index (χ1n) is 6.63.